The van der Waals surface area contributed by atoms with Crippen molar-refractivity contribution in [3.8, 4) is 0 Å². The van der Waals surface area contributed by atoms with Crippen molar-refractivity contribution in [2.24, 2.45) is 11.7 Å². The minimum atomic E-state index is -0.825. The van der Waals surface area contributed by atoms with Crippen LogP contribution in [0.1, 0.15) is 59.1 Å². The lowest BCUT2D eigenvalue weighted by atomic mass is 10.1. The molecule has 1 unspecified atom stereocenters. The molecule has 1 fully saturated rings. The second-order valence-corrected chi connectivity index (χ2v) is 8.38. The fourth-order valence-corrected chi connectivity index (χ4v) is 3.71. The third-order valence-electron chi connectivity index (χ3n) is 5.60. The van der Waals surface area contributed by atoms with Crippen molar-refractivity contribution in [1.82, 2.24) is 19.5 Å². The fraction of sp³-hybridized carbons (Fsp3) is 0.714. The summed E-state index contributed by atoms with van der Waals surface area (Å²) in [6.45, 7) is 6.56. The Morgan fingerprint density at radius 2 is 2.12 bits per heavy atom. The van der Waals surface area contributed by atoms with E-state index in [-0.39, 0.29) is 28.9 Å². The molecule has 3 rings (SSSR count). The Bertz CT molecular complexity index is 958. The van der Waals surface area contributed by atoms with Gasteiger partial charge in [-0.3, -0.25) is 24.5 Å². The van der Waals surface area contributed by atoms with E-state index >= 15 is 0 Å². The molecule has 2 aromatic heterocycles. The van der Waals surface area contributed by atoms with E-state index in [0.717, 1.165) is 25.7 Å². The van der Waals surface area contributed by atoms with Gasteiger partial charge in [-0.15, -0.1) is 0 Å². The highest BCUT2D eigenvalue weighted by atomic mass is 16.6. The zero-order valence-electron chi connectivity index (χ0n) is 18.9. The summed E-state index contributed by atoms with van der Waals surface area (Å²) in [5.74, 6) is -0.513. The number of imidazole rings is 1. The predicted molar refractivity (Wildman–Crippen MR) is 119 cm³/mol. The van der Waals surface area contributed by atoms with Crippen molar-refractivity contribution in [3.63, 3.8) is 0 Å². The van der Waals surface area contributed by atoms with Gasteiger partial charge in [-0.1, -0.05) is 33.6 Å². The lowest BCUT2D eigenvalue weighted by molar-refractivity contribution is -0.118. The van der Waals surface area contributed by atoms with Gasteiger partial charge in [-0.25, -0.2) is 4.98 Å². The zero-order valence-corrected chi connectivity index (χ0v) is 18.9. The van der Waals surface area contributed by atoms with Gasteiger partial charge in [0.15, 0.2) is 17.4 Å². The second kappa shape index (κ2) is 11.0. The number of nitrogens with zero attached hydrogens (tertiary/aromatic N) is 3. The van der Waals surface area contributed by atoms with E-state index in [0.29, 0.717) is 19.6 Å². The first-order valence-corrected chi connectivity index (χ1v) is 11.3. The topological polar surface area (TPSA) is 157 Å². The molecule has 0 saturated carbocycles. The Hall–Kier alpha value is -2.34. The highest BCUT2D eigenvalue weighted by molar-refractivity contribution is 5.91. The summed E-state index contributed by atoms with van der Waals surface area (Å²) in [5, 5.41) is 13.4. The summed E-state index contributed by atoms with van der Waals surface area (Å²) >= 11 is 0. The highest BCUT2D eigenvalue weighted by Crippen LogP contribution is 2.34. The molecular formula is C21H34N6O5. The molecule has 0 radical (unpaired) electrons. The van der Waals surface area contributed by atoms with Crippen LogP contribution < -0.4 is 16.6 Å². The van der Waals surface area contributed by atoms with Crippen LogP contribution in [0.4, 0.5) is 5.95 Å². The minimum absolute atomic E-state index is 0.0332. The largest absolute Gasteiger partial charge is 0.388 e. The van der Waals surface area contributed by atoms with Crippen LogP contribution in [0, 0.1) is 5.92 Å². The maximum atomic E-state index is 12.5. The molecule has 4 atom stereocenters. The lowest BCUT2D eigenvalue weighted by Gasteiger charge is -2.22. The first-order chi connectivity index (χ1) is 15.4. The number of hydrogen-bond donors (Lipinski definition) is 4. The summed E-state index contributed by atoms with van der Waals surface area (Å²) in [6.07, 6.45) is 3.33. The number of hydrogen-bond acceptors (Lipinski definition) is 8. The van der Waals surface area contributed by atoms with E-state index in [1.54, 1.807) is 18.4 Å². The summed E-state index contributed by atoms with van der Waals surface area (Å²) in [4.78, 5) is 35.6. The SMILES string of the molecule is CC[C@H]1O[C@@H](n2cnc3c(=O)[nH]c(NC(=O)C(C)C)nc32)[C@@H](OCCCCCCN)C1O. The number of rotatable bonds is 11. The molecule has 0 aliphatic carbocycles. The maximum absolute atomic E-state index is 12.5. The van der Waals surface area contributed by atoms with Crippen LogP contribution in [-0.4, -0.2) is 62.0 Å². The minimum Gasteiger partial charge on any atom is -0.388 e. The molecular weight excluding hydrogens is 416 g/mol. The number of carbonyl (C=O) groups excluding carboxylic acids is 1. The summed E-state index contributed by atoms with van der Waals surface area (Å²) in [5.41, 5.74) is 5.42. The molecule has 11 heteroatoms. The molecule has 32 heavy (non-hydrogen) atoms. The Morgan fingerprint density at radius 3 is 2.81 bits per heavy atom. The number of aliphatic hydroxyl groups excluding tert-OH is 1. The van der Waals surface area contributed by atoms with Gasteiger partial charge in [-0.2, -0.15) is 4.98 Å². The number of nitrogens with one attached hydrogen (secondary N) is 2. The third-order valence-corrected chi connectivity index (χ3v) is 5.60. The van der Waals surface area contributed by atoms with Gasteiger partial charge >= 0.3 is 0 Å². The lowest BCUT2D eigenvalue weighted by Crippen LogP contribution is -2.34. The maximum Gasteiger partial charge on any atom is 0.280 e. The van der Waals surface area contributed by atoms with Crippen molar-refractivity contribution in [2.75, 3.05) is 18.5 Å². The third kappa shape index (κ3) is 5.34. The fourth-order valence-electron chi connectivity index (χ4n) is 3.71. The molecule has 5 N–H and O–H groups in total. The Labute approximate surface area is 186 Å². The number of nitrogens with two attached hydrogens (primary N) is 1. The van der Waals surface area contributed by atoms with Crippen LogP contribution >= 0.6 is 0 Å². The van der Waals surface area contributed by atoms with E-state index < -0.39 is 30.1 Å². The number of carbonyl (C=O) groups is 1. The Balaban J connectivity index is 1.84. The Morgan fingerprint density at radius 1 is 1.38 bits per heavy atom. The molecule has 1 saturated heterocycles. The van der Waals surface area contributed by atoms with Gasteiger partial charge < -0.3 is 20.3 Å². The first-order valence-electron chi connectivity index (χ1n) is 11.3. The highest BCUT2D eigenvalue weighted by Gasteiger charge is 2.45. The number of fused-ring (bicyclic) bond motifs is 1. The first kappa shape index (κ1) is 24.3. The normalized spacial score (nSPS) is 23.3. The van der Waals surface area contributed by atoms with Crippen LogP contribution in [-0.2, 0) is 14.3 Å². The summed E-state index contributed by atoms with van der Waals surface area (Å²) in [6, 6.07) is 0. The molecule has 3 heterocycles. The van der Waals surface area contributed by atoms with Crippen molar-refractivity contribution in [1.29, 1.82) is 0 Å². The van der Waals surface area contributed by atoms with Gasteiger partial charge in [0.2, 0.25) is 11.9 Å². The van der Waals surface area contributed by atoms with Crippen molar-refractivity contribution >= 4 is 23.0 Å². The van der Waals surface area contributed by atoms with Crippen LogP contribution in [0.2, 0.25) is 0 Å². The smallest absolute Gasteiger partial charge is 0.280 e. The van der Waals surface area contributed by atoms with Crippen LogP contribution in [0.5, 0.6) is 0 Å². The van der Waals surface area contributed by atoms with Crippen LogP contribution in [0.15, 0.2) is 11.1 Å². The molecule has 0 spiro atoms. The van der Waals surface area contributed by atoms with Crippen molar-refractivity contribution < 1.29 is 19.4 Å². The average molecular weight is 451 g/mol. The van der Waals surface area contributed by atoms with E-state index in [2.05, 4.69) is 20.3 Å². The molecule has 0 bridgehead atoms. The second-order valence-electron chi connectivity index (χ2n) is 8.38. The van der Waals surface area contributed by atoms with Gasteiger partial charge in [0.25, 0.3) is 5.56 Å². The number of aliphatic hydroxyl groups is 1. The number of amides is 1. The molecule has 2 aromatic rings. The monoisotopic (exact) mass is 450 g/mol. The van der Waals surface area contributed by atoms with E-state index in [1.165, 1.54) is 6.33 Å². The number of aromatic amines is 1. The van der Waals surface area contributed by atoms with E-state index in [1.807, 2.05) is 6.92 Å². The van der Waals surface area contributed by atoms with Crippen LogP contribution in [0.25, 0.3) is 11.2 Å². The van der Waals surface area contributed by atoms with E-state index in [4.69, 9.17) is 15.2 Å². The number of ether oxygens (including phenoxy) is 2. The van der Waals surface area contributed by atoms with Gasteiger partial charge in [0.05, 0.1) is 12.4 Å². The zero-order chi connectivity index (χ0) is 23.3. The van der Waals surface area contributed by atoms with Crippen molar-refractivity contribution in [2.45, 2.75) is 77.4 Å². The van der Waals surface area contributed by atoms with E-state index in [9.17, 15) is 14.7 Å². The molecule has 178 valence electrons. The molecule has 1 aliphatic heterocycles. The predicted octanol–water partition coefficient (Wildman–Crippen LogP) is 1.29. The molecule has 11 nitrogen and oxygen atoms in total. The number of unbranched alkanes of at least 4 members (excludes halogenated alkanes) is 3. The Kier molecular flexibility index (Phi) is 8.35. The quantitative estimate of drug-likeness (QED) is 0.373. The standard InChI is InChI=1S/C21H34N6O5/c1-4-13-15(28)16(31-10-8-6-5-7-9-22)20(32-13)27-11-23-14-17(27)24-21(26-19(14)30)25-18(29)12(2)3/h11-13,15-16,20,28H,4-10,22H2,1-3H3,(H2,24,25,26,29,30)/t13-,15?,16+,20-/m1/s1. The van der Waals surface area contributed by atoms with Gasteiger partial charge in [-0.05, 0) is 25.8 Å². The number of H-pyrrole nitrogens is 1. The average Bonchev–Trinajstić information content (AvgIpc) is 3.31. The van der Waals surface area contributed by atoms with Gasteiger partial charge in [0, 0.05) is 12.5 Å². The summed E-state index contributed by atoms with van der Waals surface area (Å²) in [7, 11) is 0. The molecule has 1 aliphatic rings. The number of aromatic nitrogens is 4. The summed E-state index contributed by atoms with van der Waals surface area (Å²) < 4.78 is 13.7. The van der Waals surface area contributed by atoms with Crippen LogP contribution in [0.3, 0.4) is 0 Å². The van der Waals surface area contributed by atoms with Gasteiger partial charge in [0.1, 0.15) is 12.2 Å². The molecule has 0 aromatic carbocycles. The molecule has 1 amide bonds. The number of anilines is 1. The van der Waals surface area contributed by atoms with Crippen molar-refractivity contribution in [3.05, 3.63) is 16.7 Å².